The molecule has 0 bridgehead atoms. The summed E-state index contributed by atoms with van der Waals surface area (Å²) in [7, 11) is 1.60. The lowest BCUT2D eigenvalue weighted by atomic mass is 10.3. The number of fused-ring (bicyclic) bond motifs is 1. The van der Waals surface area contributed by atoms with Crippen LogP contribution in [-0.4, -0.2) is 26.5 Å². The van der Waals surface area contributed by atoms with E-state index in [0.29, 0.717) is 16.5 Å². The van der Waals surface area contributed by atoms with E-state index in [1.807, 2.05) is 22.7 Å². The molecule has 3 heterocycles. The lowest BCUT2D eigenvalue weighted by Crippen LogP contribution is -1.94. The standard InChI is InChI=1S/C12H8Cl2N4O/c1-19-7-2-3-10-15-5-9(18(10)6-7)11-8(13)4-16-12(14)17-11/h2-6H,1H3. The van der Waals surface area contributed by atoms with Crippen LogP contribution in [0.3, 0.4) is 0 Å². The second-order valence-corrected chi connectivity index (χ2v) is 4.52. The minimum Gasteiger partial charge on any atom is -0.495 e. The molecule has 0 amide bonds. The molecule has 0 saturated carbocycles. The van der Waals surface area contributed by atoms with Crippen LogP contribution in [0.25, 0.3) is 17.0 Å². The Balaban J connectivity index is 2.27. The first-order chi connectivity index (χ1) is 9.19. The van der Waals surface area contributed by atoms with E-state index in [2.05, 4.69) is 15.0 Å². The molecule has 0 aliphatic heterocycles. The minimum atomic E-state index is 0.136. The molecule has 0 radical (unpaired) electrons. The normalized spacial score (nSPS) is 10.9. The number of methoxy groups -OCH3 is 1. The summed E-state index contributed by atoms with van der Waals surface area (Å²) >= 11 is 11.9. The lowest BCUT2D eigenvalue weighted by Gasteiger charge is -2.05. The molecule has 0 N–H and O–H groups in total. The van der Waals surface area contributed by atoms with Crippen LogP contribution in [0, 0.1) is 0 Å². The summed E-state index contributed by atoms with van der Waals surface area (Å²) in [5.74, 6) is 0.711. The fraction of sp³-hybridized carbons (Fsp3) is 0.0833. The Morgan fingerprint density at radius 2 is 2.00 bits per heavy atom. The lowest BCUT2D eigenvalue weighted by molar-refractivity contribution is 0.412. The van der Waals surface area contributed by atoms with Crippen LogP contribution in [0.4, 0.5) is 0 Å². The molecule has 7 heteroatoms. The molecule has 0 spiro atoms. The topological polar surface area (TPSA) is 52.3 Å². The van der Waals surface area contributed by atoms with Crippen LogP contribution >= 0.6 is 23.2 Å². The molecule has 3 aromatic heterocycles. The van der Waals surface area contributed by atoms with Gasteiger partial charge in [-0.25, -0.2) is 15.0 Å². The molecule has 0 aliphatic carbocycles. The van der Waals surface area contributed by atoms with Gasteiger partial charge in [0, 0.05) is 0 Å². The number of hydrogen-bond donors (Lipinski definition) is 0. The van der Waals surface area contributed by atoms with E-state index >= 15 is 0 Å². The van der Waals surface area contributed by atoms with Gasteiger partial charge in [-0.2, -0.15) is 0 Å². The van der Waals surface area contributed by atoms with Crippen molar-refractivity contribution < 1.29 is 4.74 Å². The molecule has 3 aromatic rings. The molecule has 3 rings (SSSR count). The first kappa shape index (κ1) is 12.2. The summed E-state index contributed by atoms with van der Waals surface area (Å²) in [5.41, 5.74) is 2.02. The van der Waals surface area contributed by atoms with Crippen LogP contribution in [0.2, 0.25) is 10.3 Å². The fourth-order valence-electron chi connectivity index (χ4n) is 1.78. The van der Waals surface area contributed by atoms with E-state index in [-0.39, 0.29) is 5.28 Å². The predicted molar refractivity (Wildman–Crippen MR) is 72.8 cm³/mol. The van der Waals surface area contributed by atoms with Crippen molar-refractivity contribution in [2.24, 2.45) is 0 Å². The van der Waals surface area contributed by atoms with Gasteiger partial charge in [0.05, 0.1) is 36.4 Å². The van der Waals surface area contributed by atoms with Crippen LogP contribution in [0.15, 0.2) is 30.7 Å². The molecular formula is C12H8Cl2N4O. The highest BCUT2D eigenvalue weighted by Crippen LogP contribution is 2.27. The minimum absolute atomic E-state index is 0.136. The number of ether oxygens (including phenoxy) is 1. The van der Waals surface area contributed by atoms with Gasteiger partial charge in [-0.05, 0) is 23.7 Å². The molecule has 96 valence electrons. The van der Waals surface area contributed by atoms with E-state index < -0.39 is 0 Å². The maximum absolute atomic E-state index is 6.11. The highest BCUT2D eigenvalue weighted by molar-refractivity contribution is 6.33. The summed E-state index contributed by atoms with van der Waals surface area (Å²) in [6.07, 6.45) is 4.95. The maximum Gasteiger partial charge on any atom is 0.223 e. The Bertz CT molecular complexity index is 757. The number of hydrogen-bond acceptors (Lipinski definition) is 4. The van der Waals surface area contributed by atoms with Gasteiger partial charge in [0.2, 0.25) is 5.28 Å². The van der Waals surface area contributed by atoms with E-state index in [9.17, 15) is 0 Å². The van der Waals surface area contributed by atoms with E-state index in [1.54, 1.807) is 13.3 Å². The summed E-state index contributed by atoms with van der Waals surface area (Å²) in [6.45, 7) is 0. The van der Waals surface area contributed by atoms with Crippen molar-refractivity contribution in [3.63, 3.8) is 0 Å². The molecular weight excluding hydrogens is 287 g/mol. The maximum atomic E-state index is 6.11. The predicted octanol–water partition coefficient (Wildman–Crippen LogP) is 3.11. The molecule has 5 nitrogen and oxygen atoms in total. The third-order valence-corrected chi connectivity index (χ3v) is 3.13. The van der Waals surface area contributed by atoms with Crippen molar-refractivity contribution in [2.45, 2.75) is 0 Å². The van der Waals surface area contributed by atoms with Gasteiger partial charge in [0.1, 0.15) is 17.1 Å². The number of pyridine rings is 1. The molecule has 0 atom stereocenters. The zero-order chi connectivity index (χ0) is 13.4. The van der Waals surface area contributed by atoms with Crippen molar-refractivity contribution in [1.82, 2.24) is 19.4 Å². The van der Waals surface area contributed by atoms with Gasteiger partial charge in [-0.15, -0.1) is 0 Å². The van der Waals surface area contributed by atoms with Crippen LogP contribution in [0.5, 0.6) is 5.75 Å². The number of imidazole rings is 1. The van der Waals surface area contributed by atoms with Crippen molar-refractivity contribution in [1.29, 1.82) is 0 Å². The average Bonchev–Trinajstić information content (AvgIpc) is 2.84. The second kappa shape index (κ2) is 4.68. The molecule has 0 saturated heterocycles. The Labute approximate surface area is 118 Å². The molecule has 0 fully saturated rings. The van der Waals surface area contributed by atoms with Gasteiger partial charge in [-0.1, -0.05) is 11.6 Å². The first-order valence-electron chi connectivity index (χ1n) is 5.38. The number of nitrogens with zero attached hydrogens (tertiary/aromatic N) is 4. The molecule has 19 heavy (non-hydrogen) atoms. The third kappa shape index (κ3) is 2.11. The van der Waals surface area contributed by atoms with Crippen LogP contribution < -0.4 is 4.74 Å². The molecule has 0 aromatic carbocycles. The summed E-state index contributed by atoms with van der Waals surface area (Å²) < 4.78 is 7.03. The summed E-state index contributed by atoms with van der Waals surface area (Å²) in [6, 6.07) is 3.68. The first-order valence-corrected chi connectivity index (χ1v) is 6.14. The van der Waals surface area contributed by atoms with E-state index in [0.717, 1.165) is 11.3 Å². The highest BCUT2D eigenvalue weighted by Gasteiger charge is 2.12. The molecule has 0 aliphatic rings. The average molecular weight is 295 g/mol. The van der Waals surface area contributed by atoms with Crippen LogP contribution in [0.1, 0.15) is 0 Å². The summed E-state index contributed by atoms with van der Waals surface area (Å²) in [5, 5.41) is 0.547. The zero-order valence-electron chi connectivity index (χ0n) is 9.84. The van der Waals surface area contributed by atoms with E-state index in [1.165, 1.54) is 6.20 Å². The fourth-order valence-corrected chi connectivity index (χ4v) is 2.10. The quantitative estimate of drug-likeness (QED) is 0.682. The van der Waals surface area contributed by atoms with Crippen LogP contribution in [-0.2, 0) is 0 Å². The van der Waals surface area contributed by atoms with Crippen molar-refractivity contribution in [3.05, 3.63) is 41.0 Å². The van der Waals surface area contributed by atoms with Gasteiger partial charge < -0.3 is 4.74 Å². The zero-order valence-corrected chi connectivity index (χ0v) is 11.4. The Morgan fingerprint density at radius 3 is 2.79 bits per heavy atom. The Morgan fingerprint density at radius 1 is 1.16 bits per heavy atom. The highest BCUT2D eigenvalue weighted by atomic mass is 35.5. The number of rotatable bonds is 2. The summed E-state index contributed by atoms with van der Waals surface area (Å²) in [4.78, 5) is 12.3. The second-order valence-electron chi connectivity index (χ2n) is 3.78. The Hall–Kier alpha value is -1.85. The monoisotopic (exact) mass is 294 g/mol. The van der Waals surface area contributed by atoms with E-state index in [4.69, 9.17) is 27.9 Å². The van der Waals surface area contributed by atoms with Gasteiger partial charge in [-0.3, -0.25) is 4.40 Å². The SMILES string of the molecule is COc1ccc2ncc(-c3nc(Cl)ncc3Cl)n2c1. The van der Waals surface area contributed by atoms with Crippen molar-refractivity contribution in [3.8, 4) is 17.1 Å². The largest absolute Gasteiger partial charge is 0.495 e. The third-order valence-electron chi connectivity index (χ3n) is 2.67. The number of halogens is 2. The smallest absolute Gasteiger partial charge is 0.223 e. The van der Waals surface area contributed by atoms with Gasteiger partial charge in [0.15, 0.2) is 0 Å². The number of aromatic nitrogens is 4. The van der Waals surface area contributed by atoms with Gasteiger partial charge >= 0.3 is 0 Å². The Kier molecular flexibility index (Phi) is 3.00. The van der Waals surface area contributed by atoms with Gasteiger partial charge in [0.25, 0.3) is 0 Å². The molecule has 0 unspecified atom stereocenters. The van der Waals surface area contributed by atoms with Crippen molar-refractivity contribution >= 4 is 28.8 Å². The van der Waals surface area contributed by atoms with Crippen molar-refractivity contribution in [2.75, 3.05) is 7.11 Å².